The second kappa shape index (κ2) is 9.20. The maximum Gasteiger partial charge on any atom is 0.244 e. The molecule has 1 rings (SSSR count). The lowest BCUT2D eigenvalue weighted by Gasteiger charge is -2.13. The summed E-state index contributed by atoms with van der Waals surface area (Å²) in [5.74, 6) is -0.338. The van der Waals surface area contributed by atoms with Crippen molar-refractivity contribution in [1.29, 1.82) is 0 Å². The Morgan fingerprint density at radius 2 is 1.81 bits per heavy atom. The van der Waals surface area contributed by atoms with E-state index in [0.717, 1.165) is 13.0 Å². The van der Waals surface area contributed by atoms with E-state index in [0.29, 0.717) is 6.42 Å². The van der Waals surface area contributed by atoms with Crippen LogP contribution in [0.2, 0.25) is 0 Å². The number of imidazole rings is 1. The largest absolute Gasteiger partial charge is 0.748 e. The van der Waals surface area contributed by atoms with E-state index >= 15 is 0 Å². The molecule has 1 aromatic heterocycles. The van der Waals surface area contributed by atoms with E-state index in [4.69, 9.17) is 0 Å². The first-order chi connectivity index (χ1) is 9.96. The van der Waals surface area contributed by atoms with Crippen LogP contribution in [-0.4, -0.2) is 23.3 Å². The summed E-state index contributed by atoms with van der Waals surface area (Å²) >= 11 is 0. The van der Waals surface area contributed by atoms with Crippen molar-refractivity contribution in [3.05, 3.63) is 18.7 Å². The Balaban J connectivity index is 2.41. The molecule has 1 aromatic rings. The van der Waals surface area contributed by atoms with E-state index in [-0.39, 0.29) is 11.8 Å². The van der Waals surface area contributed by atoms with Gasteiger partial charge in [0.2, 0.25) is 6.33 Å². The van der Waals surface area contributed by atoms with Gasteiger partial charge in [0.05, 0.1) is 22.4 Å². The highest BCUT2D eigenvalue weighted by molar-refractivity contribution is 7.85. The smallest absolute Gasteiger partial charge is 0.244 e. The Morgan fingerprint density at radius 1 is 1.14 bits per heavy atom. The van der Waals surface area contributed by atoms with Crippen molar-refractivity contribution in [3.8, 4) is 0 Å². The molecule has 1 atom stereocenters. The third-order valence-corrected chi connectivity index (χ3v) is 4.56. The first-order valence-corrected chi connectivity index (χ1v) is 9.54. The molecule has 0 spiro atoms. The lowest BCUT2D eigenvalue weighted by atomic mass is 10.1. The van der Waals surface area contributed by atoms with Gasteiger partial charge in [-0.05, 0) is 19.3 Å². The van der Waals surface area contributed by atoms with Crippen molar-refractivity contribution in [2.45, 2.75) is 71.4 Å². The molecule has 0 aromatic carbocycles. The fourth-order valence-corrected chi connectivity index (χ4v) is 3.36. The van der Waals surface area contributed by atoms with Gasteiger partial charge >= 0.3 is 0 Å². The Morgan fingerprint density at radius 3 is 2.43 bits per heavy atom. The van der Waals surface area contributed by atoms with E-state index in [2.05, 4.69) is 11.5 Å². The van der Waals surface area contributed by atoms with Crippen LogP contribution in [0, 0.1) is 0 Å². The molecule has 0 aliphatic heterocycles. The van der Waals surface area contributed by atoms with Gasteiger partial charge in [0.1, 0.15) is 18.4 Å². The Kier molecular flexibility index (Phi) is 7.96. The van der Waals surface area contributed by atoms with Crippen LogP contribution in [0.1, 0.15) is 64.8 Å². The zero-order chi connectivity index (χ0) is 15.7. The van der Waals surface area contributed by atoms with Crippen LogP contribution in [0.25, 0.3) is 0 Å². The molecule has 21 heavy (non-hydrogen) atoms. The van der Waals surface area contributed by atoms with Crippen molar-refractivity contribution in [2.75, 3.05) is 5.75 Å². The minimum Gasteiger partial charge on any atom is -0.748 e. The van der Waals surface area contributed by atoms with Gasteiger partial charge in [0.25, 0.3) is 0 Å². The molecular weight excluding hydrogens is 288 g/mol. The minimum absolute atomic E-state index is 0.265. The van der Waals surface area contributed by atoms with Crippen molar-refractivity contribution in [3.63, 3.8) is 0 Å². The van der Waals surface area contributed by atoms with E-state index < -0.39 is 10.1 Å². The van der Waals surface area contributed by atoms with Crippen molar-refractivity contribution in [1.82, 2.24) is 4.57 Å². The van der Waals surface area contributed by atoms with Gasteiger partial charge in [-0.3, -0.25) is 0 Å². The summed E-state index contributed by atoms with van der Waals surface area (Å²) in [6.07, 6.45) is 13.9. The van der Waals surface area contributed by atoms with Crippen molar-refractivity contribution < 1.29 is 17.5 Å². The highest BCUT2D eigenvalue weighted by atomic mass is 32.2. The molecule has 0 bridgehead atoms. The molecule has 1 unspecified atom stereocenters. The predicted octanol–water partition coefficient (Wildman–Crippen LogP) is 2.63. The number of aromatic nitrogens is 2. The molecule has 0 radical (unpaired) electrons. The quantitative estimate of drug-likeness (QED) is 0.358. The van der Waals surface area contributed by atoms with E-state index in [9.17, 15) is 13.0 Å². The first kappa shape index (κ1) is 18.2. The van der Waals surface area contributed by atoms with Gasteiger partial charge in [0, 0.05) is 0 Å². The summed E-state index contributed by atoms with van der Waals surface area (Å²) in [5.41, 5.74) is 0. The molecule has 6 heteroatoms. The maximum absolute atomic E-state index is 10.9. The molecule has 0 N–H and O–H groups in total. The predicted molar refractivity (Wildman–Crippen MR) is 81.9 cm³/mol. The van der Waals surface area contributed by atoms with Gasteiger partial charge in [-0.25, -0.2) is 17.6 Å². The van der Waals surface area contributed by atoms with Crippen LogP contribution in [0.3, 0.4) is 0 Å². The highest BCUT2D eigenvalue weighted by Gasteiger charge is 2.17. The average Bonchev–Trinajstić information content (AvgIpc) is 2.87. The molecule has 0 saturated heterocycles. The van der Waals surface area contributed by atoms with Crippen LogP contribution in [0.4, 0.5) is 0 Å². The zero-order valence-corrected chi connectivity index (χ0v) is 14.0. The maximum atomic E-state index is 10.9. The van der Waals surface area contributed by atoms with E-state index in [1.165, 1.54) is 32.1 Å². The van der Waals surface area contributed by atoms with Crippen LogP contribution in [-0.2, 0) is 16.7 Å². The van der Waals surface area contributed by atoms with E-state index in [1.54, 1.807) is 0 Å². The molecule has 0 fully saturated rings. The van der Waals surface area contributed by atoms with Gasteiger partial charge in [-0.2, -0.15) is 0 Å². The monoisotopic (exact) mass is 316 g/mol. The number of unbranched alkanes of at least 4 members (excludes halogenated alkanes) is 5. The summed E-state index contributed by atoms with van der Waals surface area (Å²) in [7, 11) is -4.18. The second-order valence-electron chi connectivity index (χ2n) is 5.65. The summed E-state index contributed by atoms with van der Waals surface area (Å²) in [5, 5.41) is 0. The minimum atomic E-state index is -4.18. The van der Waals surface area contributed by atoms with Crippen LogP contribution >= 0.6 is 0 Å². The lowest BCUT2D eigenvalue weighted by molar-refractivity contribution is -0.697. The van der Waals surface area contributed by atoms with Crippen LogP contribution in [0.15, 0.2) is 18.7 Å². The second-order valence-corrected chi connectivity index (χ2v) is 7.10. The van der Waals surface area contributed by atoms with Gasteiger partial charge in [0.15, 0.2) is 0 Å². The van der Waals surface area contributed by atoms with Crippen LogP contribution in [0.5, 0.6) is 0 Å². The Bertz CT molecular complexity index is 497. The molecule has 0 amide bonds. The zero-order valence-electron chi connectivity index (χ0n) is 13.2. The Hall–Kier alpha value is -0.880. The van der Waals surface area contributed by atoms with Gasteiger partial charge in [-0.1, -0.05) is 39.5 Å². The topological polar surface area (TPSA) is 66.0 Å². The summed E-state index contributed by atoms with van der Waals surface area (Å²) in [6, 6.07) is -0.265. The molecule has 1 heterocycles. The van der Waals surface area contributed by atoms with E-state index in [1.807, 2.05) is 30.2 Å². The van der Waals surface area contributed by atoms with Gasteiger partial charge in [-0.15, -0.1) is 0 Å². The number of nitrogens with zero attached hydrogens (tertiary/aromatic N) is 2. The average molecular weight is 316 g/mol. The number of hydrogen-bond acceptors (Lipinski definition) is 3. The summed E-state index contributed by atoms with van der Waals surface area (Å²) in [6.45, 7) is 5.05. The third kappa shape index (κ3) is 7.62. The van der Waals surface area contributed by atoms with Crippen molar-refractivity contribution >= 4 is 10.1 Å². The lowest BCUT2D eigenvalue weighted by Crippen LogP contribution is -2.31. The molecule has 0 aliphatic rings. The fourth-order valence-electron chi connectivity index (χ4n) is 2.48. The third-order valence-electron chi connectivity index (χ3n) is 3.77. The summed E-state index contributed by atoms with van der Waals surface area (Å²) < 4.78 is 36.6. The van der Waals surface area contributed by atoms with Gasteiger partial charge < -0.3 is 4.55 Å². The molecule has 5 nitrogen and oxygen atoms in total. The molecular formula is C15H28N2O3S. The number of aryl methyl sites for hydroxylation is 1. The SMILES string of the molecule is CCCCCCCC[n+]1ccn(C(CC)CS(=O)(=O)[O-])c1. The Labute approximate surface area is 128 Å². The fraction of sp³-hybridized carbons (Fsp3) is 0.800. The molecule has 0 aliphatic carbocycles. The summed E-state index contributed by atoms with van der Waals surface area (Å²) in [4.78, 5) is 0. The normalized spacial score (nSPS) is 13.5. The standard InChI is InChI=1S/C15H28N2O3S/c1-3-5-6-7-8-9-10-16-11-12-17(14-16)15(4-2)13-21(18,19)20/h11-12,14-15H,3-10,13H2,1-2H3. The first-order valence-electron chi connectivity index (χ1n) is 7.96. The number of hydrogen-bond donors (Lipinski definition) is 0. The number of rotatable bonds is 11. The van der Waals surface area contributed by atoms with Crippen LogP contribution < -0.4 is 4.57 Å². The van der Waals surface area contributed by atoms with Crippen molar-refractivity contribution in [2.24, 2.45) is 0 Å². The highest BCUT2D eigenvalue weighted by Crippen LogP contribution is 2.12. The molecule has 0 saturated carbocycles. The molecule has 122 valence electrons.